The Labute approximate surface area is 126 Å². The van der Waals surface area contributed by atoms with Gasteiger partial charge in [0.25, 0.3) is 0 Å². The van der Waals surface area contributed by atoms with E-state index in [2.05, 4.69) is 25.0 Å². The minimum absolute atomic E-state index is 0.00761. The van der Waals surface area contributed by atoms with Crippen LogP contribution in [-0.4, -0.2) is 59.6 Å². The number of nitrogens with one attached hydrogen (secondary N) is 1. The summed E-state index contributed by atoms with van der Waals surface area (Å²) in [5, 5.41) is 11.8. The Morgan fingerprint density at radius 3 is 2.23 bits per heavy atom. The molecule has 1 heterocycles. The number of hydrogen-bond donors (Lipinski definition) is 3. The van der Waals surface area contributed by atoms with Crippen LogP contribution in [0.1, 0.15) is 6.42 Å². The van der Waals surface area contributed by atoms with Gasteiger partial charge in [-0.1, -0.05) is 5.11 Å². The zero-order valence-corrected chi connectivity index (χ0v) is 11.9. The fraction of sp³-hybridized carbons (Fsp3) is 0.700. The van der Waals surface area contributed by atoms with E-state index in [1.54, 1.807) is 0 Å². The van der Waals surface area contributed by atoms with Crippen LogP contribution >= 0.6 is 0 Å². The molecular formula is C10H18N8O4. The summed E-state index contributed by atoms with van der Waals surface area (Å²) in [5.41, 5.74) is 15.5. The van der Waals surface area contributed by atoms with Crippen LogP contribution in [0.3, 0.4) is 0 Å². The van der Waals surface area contributed by atoms with Crippen LogP contribution in [0.15, 0.2) is 5.11 Å². The molecular weight excluding hydrogens is 296 g/mol. The SMILES string of the molecule is [N-]=[N+]=NCCOc1nc(OCCCN)nc(OCCNO)n1. The second-order valence-electron chi connectivity index (χ2n) is 3.73. The standard InChI is InChI=1S/C10H18N8O4/c11-2-1-5-20-8-15-9(21-6-3-13-18-12)17-10(16-8)22-7-4-14-19/h14,19H,1-7,11H2. The number of hydrogen-bond acceptors (Lipinski definition) is 10. The molecule has 0 saturated heterocycles. The Balaban J connectivity index is 2.67. The Kier molecular flexibility index (Phi) is 9.05. The lowest BCUT2D eigenvalue weighted by Gasteiger charge is -2.09. The van der Waals surface area contributed by atoms with Crippen molar-refractivity contribution in [2.45, 2.75) is 6.42 Å². The summed E-state index contributed by atoms with van der Waals surface area (Å²) in [4.78, 5) is 14.4. The lowest BCUT2D eigenvalue weighted by atomic mass is 10.5. The normalized spacial score (nSPS) is 9.91. The van der Waals surface area contributed by atoms with Crippen LogP contribution < -0.4 is 25.4 Å². The highest BCUT2D eigenvalue weighted by Crippen LogP contribution is 2.14. The van der Waals surface area contributed by atoms with Gasteiger partial charge in [-0.05, 0) is 18.5 Å². The van der Waals surface area contributed by atoms with Gasteiger partial charge in [0.2, 0.25) is 0 Å². The number of rotatable bonds is 12. The third-order valence-corrected chi connectivity index (χ3v) is 2.08. The van der Waals surface area contributed by atoms with Crippen molar-refractivity contribution in [1.29, 1.82) is 0 Å². The van der Waals surface area contributed by atoms with E-state index in [1.165, 1.54) is 0 Å². The van der Waals surface area contributed by atoms with Gasteiger partial charge < -0.3 is 25.2 Å². The quantitative estimate of drug-likeness (QED) is 0.153. The molecule has 0 aliphatic rings. The summed E-state index contributed by atoms with van der Waals surface area (Å²) < 4.78 is 15.7. The highest BCUT2D eigenvalue weighted by Gasteiger charge is 2.10. The van der Waals surface area contributed by atoms with Gasteiger partial charge >= 0.3 is 18.0 Å². The highest BCUT2D eigenvalue weighted by molar-refractivity contribution is 5.09. The first kappa shape index (κ1) is 17.7. The molecule has 122 valence electrons. The van der Waals surface area contributed by atoms with Gasteiger partial charge in [-0.2, -0.15) is 0 Å². The molecule has 0 unspecified atom stereocenters. The van der Waals surface area contributed by atoms with Gasteiger partial charge in [0, 0.05) is 4.91 Å². The topological polar surface area (TPSA) is 173 Å². The molecule has 1 aromatic heterocycles. The lowest BCUT2D eigenvalue weighted by Crippen LogP contribution is -2.18. The molecule has 0 spiro atoms. The minimum atomic E-state index is -0.0159. The number of nitrogens with two attached hydrogens (primary N) is 1. The second-order valence-corrected chi connectivity index (χ2v) is 3.73. The van der Waals surface area contributed by atoms with Gasteiger partial charge in [-0.25, -0.2) is 5.48 Å². The summed E-state index contributed by atoms with van der Waals surface area (Å²) in [6.45, 7) is 1.40. The molecule has 12 heteroatoms. The van der Waals surface area contributed by atoms with Crippen LogP contribution in [0.4, 0.5) is 0 Å². The van der Waals surface area contributed by atoms with Gasteiger partial charge in [-0.15, -0.1) is 15.0 Å². The number of ether oxygens (including phenoxy) is 3. The molecule has 1 rings (SSSR count). The first-order valence-electron chi connectivity index (χ1n) is 6.52. The molecule has 4 N–H and O–H groups in total. The van der Waals surface area contributed by atoms with E-state index in [0.717, 1.165) is 0 Å². The first-order valence-corrected chi connectivity index (χ1v) is 6.52. The fourth-order valence-corrected chi connectivity index (χ4v) is 1.17. The van der Waals surface area contributed by atoms with Gasteiger partial charge in [0.05, 0.1) is 26.3 Å². The van der Waals surface area contributed by atoms with Crippen molar-refractivity contribution < 1.29 is 19.4 Å². The van der Waals surface area contributed by atoms with Crippen molar-refractivity contribution >= 4 is 0 Å². The number of hydroxylamine groups is 1. The Morgan fingerprint density at radius 1 is 1.09 bits per heavy atom. The van der Waals surface area contributed by atoms with Crippen LogP contribution in [0.2, 0.25) is 0 Å². The second kappa shape index (κ2) is 11.3. The van der Waals surface area contributed by atoms with Crippen molar-refractivity contribution in [2.75, 3.05) is 39.5 Å². The maximum Gasteiger partial charge on any atom is 0.325 e. The van der Waals surface area contributed by atoms with E-state index in [-0.39, 0.29) is 44.3 Å². The van der Waals surface area contributed by atoms with Crippen LogP contribution in [0.5, 0.6) is 18.0 Å². The Hall–Kier alpha value is -2.40. The Bertz CT molecular complexity index is 454. The smallest absolute Gasteiger partial charge is 0.325 e. The average Bonchev–Trinajstić information content (AvgIpc) is 2.52. The van der Waals surface area contributed by atoms with E-state index in [1.807, 2.05) is 5.48 Å². The van der Waals surface area contributed by atoms with Crippen molar-refractivity contribution in [3.05, 3.63) is 10.4 Å². The molecule has 12 nitrogen and oxygen atoms in total. The molecule has 0 atom stereocenters. The maximum atomic E-state index is 8.48. The highest BCUT2D eigenvalue weighted by atomic mass is 16.5. The summed E-state index contributed by atoms with van der Waals surface area (Å²) in [6.07, 6.45) is 0.642. The predicted molar refractivity (Wildman–Crippen MR) is 73.8 cm³/mol. The van der Waals surface area contributed by atoms with E-state index in [9.17, 15) is 0 Å². The molecule has 0 fully saturated rings. The predicted octanol–water partition coefficient (Wildman–Crippen LogP) is -0.354. The van der Waals surface area contributed by atoms with Crippen LogP contribution in [-0.2, 0) is 0 Å². The monoisotopic (exact) mass is 314 g/mol. The van der Waals surface area contributed by atoms with Crippen molar-refractivity contribution in [1.82, 2.24) is 20.4 Å². The molecule has 0 bridgehead atoms. The summed E-state index contributed by atoms with van der Waals surface area (Å²) in [7, 11) is 0. The molecule has 22 heavy (non-hydrogen) atoms. The summed E-state index contributed by atoms with van der Waals surface area (Å²) in [5.74, 6) is 0. The molecule has 0 amide bonds. The molecule has 0 aliphatic carbocycles. The minimum Gasteiger partial charge on any atom is -0.463 e. The van der Waals surface area contributed by atoms with Crippen molar-refractivity contribution in [3.63, 3.8) is 0 Å². The van der Waals surface area contributed by atoms with Crippen molar-refractivity contribution in [2.24, 2.45) is 10.8 Å². The third kappa shape index (κ3) is 7.40. The number of azide groups is 1. The first-order chi connectivity index (χ1) is 10.8. The van der Waals surface area contributed by atoms with E-state index >= 15 is 0 Å². The van der Waals surface area contributed by atoms with Crippen molar-refractivity contribution in [3.8, 4) is 18.0 Å². The molecule has 0 saturated carbocycles. The average molecular weight is 314 g/mol. The van der Waals surface area contributed by atoms with Crippen LogP contribution in [0, 0.1) is 0 Å². The number of aromatic nitrogens is 3. The summed E-state index contributed by atoms with van der Waals surface area (Å²) in [6, 6.07) is 0.0128. The molecule has 0 radical (unpaired) electrons. The van der Waals surface area contributed by atoms with Crippen LogP contribution in [0.25, 0.3) is 10.4 Å². The Morgan fingerprint density at radius 2 is 1.68 bits per heavy atom. The zero-order chi connectivity index (χ0) is 16.0. The van der Waals surface area contributed by atoms with E-state index in [0.29, 0.717) is 19.6 Å². The van der Waals surface area contributed by atoms with Gasteiger partial charge in [0.15, 0.2) is 0 Å². The molecule has 0 aliphatic heterocycles. The molecule has 0 aromatic carbocycles. The zero-order valence-electron chi connectivity index (χ0n) is 11.9. The van der Waals surface area contributed by atoms with Gasteiger partial charge in [0.1, 0.15) is 6.61 Å². The third-order valence-electron chi connectivity index (χ3n) is 2.08. The maximum absolute atomic E-state index is 8.48. The largest absolute Gasteiger partial charge is 0.463 e. The van der Waals surface area contributed by atoms with Gasteiger partial charge in [-0.3, -0.25) is 0 Å². The molecule has 1 aromatic rings. The van der Waals surface area contributed by atoms with E-state index in [4.69, 9.17) is 30.7 Å². The fourth-order valence-electron chi connectivity index (χ4n) is 1.17. The van der Waals surface area contributed by atoms with E-state index < -0.39 is 0 Å². The number of nitrogens with zero attached hydrogens (tertiary/aromatic N) is 6. The lowest BCUT2D eigenvalue weighted by molar-refractivity contribution is 0.141. The summed E-state index contributed by atoms with van der Waals surface area (Å²) >= 11 is 0.